The lowest BCUT2D eigenvalue weighted by molar-refractivity contribution is -0.170. The molecule has 2 fully saturated rings. The molecule has 1 aliphatic heterocycles. The summed E-state index contributed by atoms with van der Waals surface area (Å²) >= 11 is 0. The summed E-state index contributed by atoms with van der Waals surface area (Å²) in [6.07, 6.45) is 5.66. The second-order valence-electron chi connectivity index (χ2n) is 6.91. The van der Waals surface area contributed by atoms with Crippen molar-refractivity contribution in [3.63, 3.8) is 0 Å². The van der Waals surface area contributed by atoms with Crippen molar-refractivity contribution in [2.24, 2.45) is 11.1 Å². The normalized spacial score (nSPS) is 31.2. The molecule has 0 aromatic heterocycles. The lowest BCUT2D eigenvalue weighted by Crippen LogP contribution is -2.62. The molecule has 1 heterocycles. The molecule has 5 nitrogen and oxygen atoms in total. The summed E-state index contributed by atoms with van der Waals surface area (Å²) in [5.41, 5.74) is 8.17. The van der Waals surface area contributed by atoms with E-state index in [9.17, 15) is 9.90 Å². The molecule has 1 saturated carbocycles. The van der Waals surface area contributed by atoms with Crippen LogP contribution in [0.15, 0.2) is 30.3 Å². The van der Waals surface area contributed by atoms with Crippen molar-refractivity contribution >= 4 is 6.03 Å². The number of aliphatic hydroxyl groups is 1. The summed E-state index contributed by atoms with van der Waals surface area (Å²) < 4.78 is 0. The van der Waals surface area contributed by atoms with Gasteiger partial charge in [-0.3, -0.25) is 0 Å². The quantitative estimate of drug-likeness (QED) is 0.786. The van der Waals surface area contributed by atoms with E-state index in [-0.39, 0.29) is 11.5 Å². The van der Waals surface area contributed by atoms with E-state index < -0.39 is 11.8 Å². The SMILES string of the molecule is CC1([C@@]2(O)C[C@@H](c3ccccc3)NN2C(N)=O)CCCCC1. The van der Waals surface area contributed by atoms with Crippen LogP contribution in [0, 0.1) is 5.41 Å². The smallest absolute Gasteiger partial charge is 0.331 e. The molecule has 120 valence electrons. The molecule has 0 spiro atoms. The Kier molecular flexibility index (Phi) is 3.87. The van der Waals surface area contributed by atoms with Gasteiger partial charge in [0.1, 0.15) is 0 Å². The Hall–Kier alpha value is -1.59. The highest BCUT2D eigenvalue weighted by atomic mass is 16.3. The summed E-state index contributed by atoms with van der Waals surface area (Å²) in [7, 11) is 0. The Bertz CT molecular complexity index is 542. The number of rotatable bonds is 2. The van der Waals surface area contributed by atoms with Gasteiger partial charge in [0.05, 0.1) is 6.04 Å². The maximum Gasteiger partial charge on any atom is 0.331 e. The van der Waals surface area contributed by atoms with Gasteiger partial charge in [-0.05, 0) is 18.4 Å². The van der Waals surface area contributed by atoms with Crippen LogP contribution < -0.4 is 11.2 Å². The van der Waals surface area contributed by atoms with Crippen LogP contribution in [0.1, 0.15) is 57.1 Å². The molecule has 22 heavy (non-hydrogen) atoms. The summed E-state index contributed by atoms with van der Waals surface area (Å²) in [6, 6.07) is 9.18. The van der Waals surface area contributed by atoms with Gasteiger partial charge in [-0.25, -0.2) is 15.2 Å². The van der Waals surface area contributed by atoms with Crippen LogP contribution in [-0.2, 0) is 0 Å². The largest absolute Gasteiger partial charge is 0.369 e. The number of hydrogen-bond acceptors (Lipinski definition) is 3. The van der Waals surface area contributed by atoms with E-state index in [1.165, 1.54) is 11.4 Å². The third-order valence-corrected chi connectivity index (χ3v) is 5.49. The zero-order chi connectivity index (χ0) is 15.8. The van der Waals surface area contributed by atoms with Crippen LogP contribution in [-0.4, -0.2) is 21.9 Å². The van der Waals surface area contributed by atoms with E-state index in [1.807, 2.05) is 30.3 Å². The average Bonchev–Trinajstić information content (AvgIpc) is 2.89. The van der Waals surface area contributed by atoms with Gasteiger partial charge in [0.2, 0.25) is 0 Å². The Morgan fingerprint density at radius 3 is 2.50 bits per heavy atom. The first-order chi connectivity index (χ1) is 10.5. The molecule has 5 heteroatoms. The second kappa shape index (κ2) is 5.56. The van der Waals surface area contributed by atoms with Crippen molar-refractivity contribution in [3.8, 4) is 0 Å². The molecule has 1 aromatic rings. The van der Waals surface area contributed by atoms with E-state index in [4.69, 9.17) is 5.73 Å². The van der Waals surface area contributed by atoms with Gasteiger partial charge in [-0.15, -0.1) is 0 Å². The molecule has 1 saturated heterocycles. The maximum absolute atomic E-state index is 11.9. The number of carbonyl (C=O) groups is 1. The fraction of sp³-hybridized carbons (Fsp3) is 0.588. The van der Waals surface area contributed by atoms with Gasteiger partial charge in [-0.2, -0.15) is 0 Å². The molecular weight excluding hydrogens is 278 g/mol. The van der Waals surface area contributed by atoms with E-state index >= 15 is 0 Å². The van der Waals surface area contributed by atoms with Crippen LogP contribution in [0.25, 0.3) is 0 Å². The predicted molar refractivity (Wildman–Crippen MR) is 84.5 cm³/mol. The van der Waals surface area contributed by atoms with Crippen molar-refractivity contribution in [2.75, 3.05) is 0 Å². The summed E-state index contributed by atoms with van der Waals surface area (Å²) in [4.78, 5) is 11.9. The fourth-order valence-corrected chi connectivity index (χ4v) is 4.06. The van der Waals surface area contributed by atoms with Gasteiger partial charge >= 0.3 is 6.03 Å². The number of nitrogens with one attached hydrogen (secondary N) is 1. The molecular formula is C17H25N3O2. The minimum absolute atomic E-state index is 0.0996. The third-order valence-electron chi connectivity index (χ3n) is 5.49. The molecule has 4 N–H and O–H groups in total. The number of benzene rings is 1. The molecule has 1 aromatic carbocycles. The predicted octanol–water partition coefficient (Wildman–Crippen LogP) is 2.68. The number of primary amides is 1. The molecule has 2 aliphatic rings. The Labute approximate surface area is 131 Å². The van der Waals surface area contributed by atoms with Crippen molar-refractivity contribution < 1.29 is 9.90 Å². The standard InChI is InChI=1S/C17H25N3O2/c1-16(10-6-3-7-11-16)17(22)12-14(19-20(17)15(18)21)13-8-4-2-5-9-13/h2,4-5,8-9,14,19,22H,3,6-7,10-12H2,1H3,(H2,18,21)/t14-,17-/m0/s1. The number of nitrogens with two attached hydrogens (primary N) is 1. The van der Waals surface area contributed by atoms with Gasteiger partial charge in [0.25, 0.3) is 0 Å². The first-order valence-electron chi connectivity index (χ1n) is 8.09. The zero-order valence-corrected chi connectivity index (χ0v) is 13.1. The van der Waals surface area contributed by atoms with Crippen molar-refractivity contribution in [1.82, 2.24) is 10.4 Å². The molecule has 0 bridgehead atoms. The van der Waals surface area contributed by atoms with Crippen LogP contribution in [0.5, 0.6) is 0 Å². The van der Waals surface area contributed by atoms with Crippen LogP contribution in [0.2, 0.25) is 0 Å². The molecule has 0 unspecified atom stereocenters. The minimum atomic E-state index is -1.24. The van der Waals surface area contributed by atoms with Gasteiger partial charge in [0.15, 0.2) is 5.72 Å². The van der Waals surface area contributed by atoms with E-state index in [0.29, 0.717) is 6.42 Å². The Balaban J connectivity index is 1.93. The molecule has 3 rings (SSSR count). The van der Waals surface area contributed by atoms with Crippen molar-refractivity contribution in [2.45, 2.75) is 57.2 Å². The number of amides is 2. The topological polar surface area (TPSA) is 78.6 Å². The third kappa shape index (κ3) is 2.38. The summed E-state index contributed by atoms with van der Waals surface area (Å²) in [6.45, 7) is 2.08. The molecule has 0 radical (unpaired) electrons. The van der Waals surface area contributed by atoms with Gasteiger partial charge < -0.3 is 10.8 Å². The molecule has 2 atom stereocenters. The maximum atomic E-state index is 11.9. The lowest BCUT2D eigenvalue weighted by Gasteiger charge is -2.48. The highest BCUT2D eigenvalue weighted by Crippen LogP contribution is 2.51. The van der Waals surface area contributed by atoms with Gasteiger partial charge in [0, 0.05) is 11.8 Å². The highest BCUT2D eigenvalue weighted by Gasteiger charge is 2.57. The monoisotopic (exact) mass is 303 g/mol. The average molecular weight is 303 g/mol. The van der Waals surface area contributed by atoms with Crippen LogP contribution in [0.4, 0.5) is 4.79 Å². The first kappa shape index (κ1) is 15.3. The van der Waals surface area contributed by atoms with Crippen LogP contribution >= 0.6 is 0 Å². The van der Waals surface area contributed by atoms with Crippen molar-refractivity contribution in [1.29, 1.82) is 0 Å². The number of nitrogens with zero attached hydrogens (tertiary/aromatic N) is 1. The zero-order valence-electron chi connectivity index (χ0n) is 13.1. The summed E-state index contributed by atoms with van der Waals surface area (Å²) in [5.74, 6) is 0. The van der Waals surface area contributed by atoms with Crippen molar-refractivity contribution in [3.05, 3.63) is 35.9 Å². The highest BCUT2D eigenvalue weighted by molar-refractivity contribution is 5.72. The number of hydrogen-bond donors (Lipinski definition) is 3. The molecule has 2 amide bonds. The fourth-order valence-electron chi connectivity index (χ4n) is 4.06. The summed E-state index contributed by atoms with van der Waals surface area (Å²) in [5, 5.41) is 12.7. The van der Waals surface area contributed by atoms with E-state index in [1.54, 1.807) is 0 Å². The minimum Gasteiger partial charge on any atom is -0.369 e. The van der Waals surface area contributed by atoms with E-state index in [0.717, 1.165) is 31.2 Å². The Morgan fingerprint density at radius 1 is 1.27 bits per heavy atom. The number of urea groups is 1. The molecule has 1 aliphatic carbocycles. The van der Waals surface area contributed by atoms with Crippen LogP contribution in [0.3, 0.4) is 0 Å². The number of carbonyl (C=O) groups excluding carboxylic acids is 1. The van der Waals surface area contributed by atoms with E-state index in [2.05, 4.69) is 12.3 Å². The van der Waals surface area contributed by atoms with Gasteiger partial charge in [-0.1, -0.05) is 56.5 Å². The second-order valence-corrected chi connectivity index (χ2v) is 6.91. The lowest BCUT2D eigenvalue weighted by atomic mass is 9.66. The first-order valence-corrected chi connectivity index (χ1v) is 8.09. The Morgan fingerprint density at radius 2 is 1.91 bits per heavy atom. The number of hydrazine groups is 1.